The molecular weight excluding hydrogens is 651 g/mol. The molecule has 6 N–H and O–H groups in total. The van der Waals surface area contributed by atoms with Crippen LogP contribution in [0.1, 0.15) is 49.7 Å². The third-order valence-corrected chi connectivity index (χ3v) is 8.62. The maximum absolute atomic E-state index is 10.9. The SMILES string of the molecule is COc1cc(-c2nccc(-c3cccc(-c4ccc(CNCCCCC(N)=O)c(OC)n4)c3Cl)c2Cl)ccc1CNCCCCC(N)=O. The molecular formula is C36H42Cl2N6O4. The van der Waals surface area contributed by atoms with Gasteiger partial charge in [0, 0.05) is 65.5 Å². The molecule has 254 valence electrons. The molecule has 0 spiro atoms. The number of hydrogen-bond donors (Lipinski definition) is 4. The summed E-state index contributed by atoms with van der Waals surface area (Å²) in [5.74, 6) is 0.646. The first-order valence-electron chi connectivity index (χ1n) is 15.9. The first-order valence-corrected chi connectivity index (χ1v) is 16.6. The molecule has 0 aliphatic rings. The van der Waals surface area contributed by atoms with Gasteiger partial charge in [0.05, 0.1) is 35.7 Å². The summed E-state index contributed by atoms with van der Waals surface area (Å²) in [6.45, 7) is 2.68. The number of primary amides is 2. The van der Waals surface area contributed by atoms with Crippen molar-refractivity contribution < 1.29 is 19.1 Å². The predicted octanol–water partition coefficient (Wildman–Crippen LogP) is 6.29. The summed E-state index contributed by atoms with van der Waals surface area (Å²) >= 11 is 14.1. The normalized spacial score (nSPS) is 11.0. The zero-order valence-corrected chi connectivity index (χ0v) is 28.8. The van der Waals surface area contributed by atoms with Crippen molar-refractivity contribution in [2.75, 3.05) is 27.3 Å². The highest BCUT2D eigenvalue weighted by Gasteiger charge is 2.18. The zero-order valence-electron chi connectivity index (χ0n) is 27.3. The lowest BCUT2D eigenvalue weighted by molar-refractivity contribution is -0.119. The molecule has 0 unspecified atom stereocenters. The second kappa shape index (κ2) is 18.4. The average Bonchev–Trinajstić information content (AvgIpc) is 3.08. The molecule has 0 saturated heterocycles. The van der Waals surface area contributed by atoms with Gasteiger partial charge in [-0.15, -0.1) is 0 Å². The summed E-state index contributed by atoms with van der Waals surface area (Å²) < 4.78 is 11.3. The largest absolute Gasteiger partial charge is 0.496 e. The summed E-state index contributed by atoms with van der Waals surface area (Å²) in [5.41, 5.74) is 16.6. The van der Waals surface area contributed by atoms with Gasteiger partial charge in [-0.25, -0.2) is 4.98 Å². The number of nitrogens with zero attached hydrogens (tertiary/aromatic N) is 2. The quantitative estimate of drug-likeness (QED) is 0.0836. The molecule has 0 saturated carbocycles. The number of carbonyl (C=O) groups is 2. The molecule has 0 fully saturated rings. The summed E-state index contributed by atoms with van der Waals surface area (Å²) in [7, 11) is 3.22. The lowest BCUT2D eigenvalue weighted by atomic mass is 9.99. The monoisotopic (exact) mass is 692 g/mol. The van der Waals surface area contributed by atoms with Crippen LogP contribution >= 0.6 is 23.2 Å². The number of aromatic nitrogens is 2. The Morgan fingerprint density at radius 1 is 0.750 bits per heavy atom. The second-order valence-corrected chi connectivity index (χ2v) is 12.0. The molecule has 2 aromatic carbocycles. The number of nitrogens with one attached hydrogen (secondary N) is 2. The number of halogens is 2. The Kier molecular flexibility index (Phi) is 14.0. The Labute approximate surface area is 291 Å². The van der Waals surface area contributed by atoms with E-state index in [4.69, 9.17) is 49.1 Å². The van der Waals surface area contributed by atoms with Crippen molar-refractivity contribution in [3.63, 3.8) is 0 Å². The fraction of sp³-hybridized carbons (Fsp3) is 0.333. The zero-order chi connectivity index (χ0) is 34.5. The minimum absolute atomic E-state index is 0.279. The van der Waals surface area contributed by atoms with Crippen molar-refractivity contribution in [2.45, 2.75) is 51.6 Å². The molecule has 0 radical (unpaired) electrons. The van der Waals surface area contributed by atoms with E-state index in [1.54, 1.807) is 20.4 Å². The van der Waals surface area contributed by atoms with E-state index in [9.17, 15) is 9.59 Å². The Morgan fingerprint density at radius 3 is 2.02 bits per heavy atom. The van der Waals surface area contributed by atoms with Crippen LogP contribution in [-0.2, 0) is 22.7 Å². The molecule has 4 rings (SSSR count). The number of hydrogen-bond acceptors (Lipinski definition) is 8. The number of ether oxygens (including phenoxy) is 2. The van der Waals surface area contributed by atoms with E-state index >= 15 is 0 Å². The molecule has 2 heterocycles. The maximum Gasteiger partial charge on any atom is 0.218 e. The highest BCUT2D eigenvalue weighted by atomic mass is 35.5. The van der Waals surface area contributed by atoms with Gasteiger partial charge in [0.1, 0.15) is 5.75 Å². The van der Waals surface area contributed by atoms with Gasteiger partial charge < -0.3 is 31.6 Å². The molecule has 10 nitrogen and oxygen atoms in total. The van der Waals surface area contributed by atoms with E-state index in [0.29, 0.717) is 59.0 Å². The van der Waals surface area contributed by atoms with Gasteiger partial charge in [-0.3, -0.25) is 14.6 Å². The third kappa shape index (κ3) is 9.90. The standard InChI is InChI=1S/C36H42Cl2N6O4/c1-47-30-20-23(12-13-24(30)21-41-17-5-3-10-31(39)45)35-34(38)27(16-19-43-35)26-8-7-9-28(33(26)37)29-15-14-25(36(44-29)48-2)22-42-18-6-4-11-32(40)46/h7-9,12-16,19-20,41-42H,3-6,10-11,17-18,21-22H2,1-2H3,(H2,39,45)(H2,40,46). The Hall–Kier alpha value is -4.22. The Bertz CT molecular complexity index is 1590. The molecule has 48 heavy (non-hydrogen) atoms. The number of rotatable bonds is 19. The van der Waals surface area contributed by atoms with Crippen LogP contribution in [0.15, 0.2) is 60.8 Å². The van der Waals surface area contributed by atoms with Crippen LogP contribution in [0.2, 0.25) is 10.0 Å². The highest BCUT2D eigenvalue weighted by Crippen LogP contribution is 2.42. The van der Waals surface area contributed by atoms with E-state index < -0.39 is 0 Å². The topological polar surface area (TPSA) is 154 Å². The van der Waals surface area contributed by atoms with Crippen LogP contribution in [-0.4, -0.2) is 49.1 Å². The lowest BCUT2D eigenvalue weighted by Gasteiger charge is -2.15. The van der Waals surface area contributed by atoms with Gasteiger partial charge in [0.25, 0.3) is 0 Å². The lowest BCUT2D eigenvalue weighted by Crippen LogP contribution is -2.17. The van der Waals surface area contributed by atoms with E-state index in [1.165, 1.54) is 0 Å². The number of benzene rings is 2. The van der Waals surface area contributed by atoms with Crippen LogP contribution < -0.4 is 31.6 Å². The Morgan fingerprint density at radius 2 is 1.38 bits per heavy atom. The molecule has 12 heteroatoms. The van der Waals surface area contributed by atoms with Crippen molar-refractivity contribution in [1.29, 1.82) is 0 Å². The van der Waals surface area contributed by atoms with Crippen molar-refractivity contribution >= 4 is 35.0 Å². The Balaban J connectivity index is 1.52. The maximum atomic E-state index is 10.9. The van der Waals surface area contributed by atoms with Crippen LogP contribution in [0, 0.1) is 0 Å². The third-order valence-electron chi connectivity index (χ3n) is 7.83. The van der Waals surface area contributed by atoms with Crippen molar-refractivity contribution in [2.24, 2.45) is 11.5 Å². The van der Waals surface area contributed by atoms with E-state index in [0.717, 1.165) is 72.2 Å². The van der Waals surface area contributed by atoms with Crippen LogP contribution in [0.4, 0.5) is 0 Å². The fourth-order valence-electron chi connectivity index (χ4n) is 5.30. The van der Waals surface area contributed by atoms with Crippen LogP contribution in [0.5, 0.6) is 11.6 Å². The summed E-state index contributed by atoms with van der Waals surface area (Å²) in [5, 5.41) is 7.71. The minimum atomic E-state index is -0.284. The fourth-order valence-corrected chi connectivity index (χ4v) is 5.95. The van der Waals surface area contributed by atoms with E-state index in [-0.39, 0.29) is 11.8 Å². The van der Waals surface area contributed by atoms with Gasteiger partial charge in [0.2, 0.25) is 17.7 Å². The van der Waals surface area contributed by atoms with Gasteiger partial charge in [-0.1, -0.05) is 59.6 Å². The molecule has 4 aromatic rings. The second-order valence-electron chi connectivity index (χ2n) is 11.3. The molecule has 0 bridgehead atoms. The van der Waals surface area contributed by atoms with Crippen molar-refractivity contribution in [3.8, 4) is 45.3 Å². The summed E-state index contributed by atoms with van der Waals surface area (Å²) in [4.78, 5) is 31.2. The molecule has 0 aliphatic carbocycles. The van der Waals surface area contributed by atoms with Crippen LogP contribution in [0.3, 0.4) is 0 Å². The highest BCUT2D eigenvalue weighted by molar-refractivity contribution is 6.39. The number of nitrogens with two attached hydrogens (primary N) is 2. The first kappa shape index (κ1) is 36.6. The van der Waals surface area contributed by atoms with Gasteiger partial charge in [-0.05, 0) is 57.0 Å². The van der Waals surface area contributed by atoms with Gasteiger partial charge >= 0.3 is 0 Å². The van der Waals surface area contributed by atoms with Gasteiger partial charge in [0.15, 0.2) is 0 Å². The molecule has 0 aliphatic heterocycles. The first-order chi connectivity index (χ1) is 23.2. The van der Waals surface area contributed by atoms with E-state index in [2.05, 4.69) is 15.6 Å². The van der Waals surface area contributed by atoms with Gasteiger partial charge in [-0.2, -0.15) is 0 Å². The number of amides is 2. The number of unbranched alkanes of at least 4 members (excludes halogenated alkanes) is 2. The summed E-state index contributed by atoms with van der Waals surface area (Å²) in [6, 6.07) is 17.4. The van der Waals surface area contributed by atoms with E-state index in [1.807, 2.05) is 54.6 Å². The van der Waals surface area contributed by atoms with Crippen molar-refractivity contribution in [3.05, 3.63) is 82.0 Å². The minimum Gasteiger partial charge on any atom is -0.496 e. The molecule has 2 aromatic heterocycles. The smallest absolute Gasteiger partial charge is 0.218 e. The van der Waals surface area contributed by atoms with Crippen LogP contribution in [0.25, 0.3) is 33.6 Å². The van der Waals surface area contributed by atoms with Crippen molar-refractivity contribution in [1.82, 2.24) is 20.6 Å². The number of carbonyl (C=O) groups excluding carboxylic acids is 2. The predicted molar refractivity (Wildman–Crippen MR) is 191 cm³/mol. The average molecular weight is 694 g/mol. The summed E-state index contributed by atoms with van der Waals surface area (Å²) in [6.07, 6.45) is 5.69. The molecule has 2 amide bonds. The molecule has 0 atom stereocenters. The number of methoxy groups -OCH3 is 2. The number of pyridine rings is 2.